The highest BCUT2D eigenvalue weighted by molar-refractivity contribution is 5.94. The molecular formula is C22H25FN2O2. The molecule has 27 heavy (non-hydrogen) atoms. The lowest BCUT2D eigenvalue weighted by molar-refractivity contribution is -0.131. The van der Waals surface area contributed by atoms with E-state index < -0.39 is 5.82 Å². The Morgan fingerprint density at radius 2 is 1.59 bits per heavy atom. The average molecular weight is 368 g/mol. The predicted octanol–water partition coefficient (Wildman–Crippen LogP) is 3.44. The van der Waals surface area contributed by atoms with Crippen molar-refractivity contribution in [2.75, 3.05) is 26.2 Å². The van der Waals surface area contributed by atoms with E-state index in [9.17, 15) is 14.0 Å². The summed E-state index contributed by atoms with van der Waals surface area (Å²) < 4.78 is 13.9. The number of nitrogens with zero attached hydrogens (tertiary/aromatic N) is 2. The second-order valence-corrected chi connectivity index (χ2v) is 6.93. The molecule has 1 aliphatic heterocycles. The van der Waals surface area contributed by atoms with Gasteiger partial charge >= 0.3 is 0 Å². The maximum atomic E-state index is 13.9. The molecule has 2 aromatic carbocycles. The third kappa shape index (κ3) is 4.73. The van der Waals surface area contributed by atoms with E-state index in [0.717, 1.165) is 6.42 Å². The molecule has 142 valence electrons. The summed E-state index contributed by atoms with van der Waals surface area (Å²) in [6, 6.07) is 14.1. The SMILES string of the molecule is Cc1ccccc1CCC(=O)N1CCCN(C(=O)c2ccccc2F)CC1. The van der Waals surface area contributed by atoms with Gasteiger partial charge in [-0.3, -0.25) is 9.59 Å². The highest BCUT2D eigenvalue weighted by Gasteiger charge is 2.24. The molecule has 0 unspecified atom stereocenters. The summed E-state index contributed by atoms with van der Waals surface area (Å²) in [6.45, 7) is 4.15. The van der Waals surface area contributed by atoms with Crippen LogP contribution in [0.3, 0.4) is 0 Å². The Labute approximate surface area is 159 Å². The molecule has 0 N–H and O–H groups in total. The van der Waals surface area contributed by atoms with Gasteiger partial charge in [0.1, 0.15) is 5.82 Å². The van der Waals surface area contributed by atoms with Crippen LogP contribution >= 0.6 is 0 Å². The molecular weight excluding hydrogens is 343 g/mol. The summed E-state index contributed by atoms with van der Waals surface area (Å²) >= 11 is 0. The molecule has 1 fully saturated rings. The quantitative estimate of drug-likeness (QED) is 0.829. The van der Waals surface area contributed by atoms with Crippen LogP contribution in [0.25, 0.3) is 0 Å². The van der Waals surface area contributed by atoms with Crippen LogP contribution in [0.4, 0.5) is 4.39 Å². The Hall–Kier alpha value is -2.69. The van der Waals surface area contributed by atoms with Crippen molar-refractivity contribution >= 4 is 11.8 Å². The molecule has 2 aromatic rings. The Kier molecular flexibility index (Phi) is 6.22. The molecule has 2 amide bonds. The molecule has 0 bridgehead atoms. The first-order valence-electron chi connectivity index (χ1n) is 9.42. The molecule has 1 heterocycles. The Balaban J connectivity index is 1.56. The van der Waals surface area contributed by atoms with E-state index in [1.807, 2.05) is 17.0 Å². The lowest BCUT2D eigenvalue weighted by Gasteiger charge is -2.22. The smallest absolute Gasteiger partial charge is 0.256 e. The number of benzene rings is 2. The largest absolute Gasteiger partial charge is 0.341 e. The van der Waals surface area contributed by atoms with Crippen molar-refractivity contribution in [3.8, 4) is 0 Å². The van der Waals surface area contributed by atoms with Crippen LogP contribution < -0.4 is 0 Å². The molecule has 1 saturated heterocycles. The van der Waals surface area contributed by atoms with Crippen molar-refractivity contribution in [2.45, 2.75) is 26.2 Å². The van der Waals surface area contributed by atoms with Crippen molar-refractivity contribution in [1.29, 1.82) is 0 Å². The van der Waals surface area contributed by atoms with Gasteiger partial charge in [-0.15, -0.1) is 0 Å². The number of carbonyl (C=O) groups is 2. The van der Waals surface area contributed by atoms with Crippen LogP contribution in [0.1, 0.15) is 34.3 Å². The van der Waals surface area contributed by atoms with Gasteiger partial charge in [0.05, 0.1) is 5.56 Å². The van der Waals surface area contributed by atoms with Gasteiger partial charge in [0, 0.05) is 32.6 Å². The van der Waals surface area contributed by atoms with E-state index in [4.69, 9.17) is 0 Å². The molecule has 5 heteroatoms. The molecule has 1 aliphatic rings. The molecule has 0 aromatic heterocycles. The number of rotatable bonds is 4. The highest BCUT2D eigenvalue weighted by Crippen LogP contribution is 2.14. The minimum atomic E-state index is -0.502. The Bertz CT molecular complexity index is 821. The lowest BCUT2D eigenvalue weighted by Crippen LogP contribution is -2.37. The molecule has 0 radical (unpaired) electrons. The third-order valence-corrected chi connectivity index (χ3v) is 5.11. The first kappa shape index (κ1) is 19.1. The van der Waals surface area contributed by atoms with E-state index in [0.29, 0.717) is 39.0 Å². The second kappa shape index (κ2) is 8.80. The number of hydrogen-bond acceptors (Lipinski definition) is 2. The van der Waals surface area contributed by atoms with Crippen LogP contribution in [-0.2, 0) is 11.2 Å². The maximum absolute atomic E-state index is 13.9. The first-order chi connectivity index (χ1) is 13.1. The number of hydrogen-bond donors (Lipinski definition) is 0. The van der Waals surface area contributed by atoms with Crippen LogP contribution in [0.5, 0.6) is 0 Å². The van der Waals surface area contributed by atoms with E-state index in [1.54, 1.807) is 17.0 Å². The fourth-order valence-electron chi connectivity index (χ4n) is 3.47. The Morgan fingerprint density at radius 3 is 2.37 bits per heavy atom. The molecule has 0 aliphatic carbocycles. The zero-order valence-corrected chi connectivity index (χ0v) is 15.7. The number of amides is 2. The minimum absolute atomic E-state index is 0.0943. The van der Waals surface area contributed by atoms with Crippen molar-refractivity contribution in [2.24, 2.45) is 0 Å². The van der Waals surface area contributed by atoms with Gasteiger partial charge in [0.2, 0.25) is 5.91 Å². The zero-order chi connectivity index (χ0) is 19.2. The molecule has 0 atom stereocenters. The summed E-state index contributed by atoms with van der Waals surface area (Å²) in [5.74, 6) is -0.696. The van der Waals surface area contributed by atoms with Gasteiger partial charge in [-0.25, -0.2) is 4.39 Å². The second-order valence-electron chi connectivity index (χ2n) is 6.93. The average Bonchev–Trinajstić information content (AvgIpc) is 2.93. The van der Waals surface area contributed by atoms with Gasteiger partial charge < -0.3 is 9.80 Å². The van der Waals surface area contributed by atoms with Gasteiger partial charge in [-0.05, 0) is 43.0 Å². The van der Waals surface area contributed by atoms with Gasteiger partial charge in [-0.1, -0.05) is 36.4 Å². The van der Waals surface area contributed by atoms with Crippen molar-refractivity contribution in [3.63, 3.8) is 0 Å². The van der Waals surface area contributed by atoms with Gasteiger partial charge in [-0.2, -0.15) is 0 Å². The fraction of sp³-hybridized carbons (Fsp3) is 0.364. The normalized spacial score (nSPS) is 14.7. The maximum Gasteiger partial charge on any atom is 0.256 e. The van der Waals surface area contributed by atoms with Gasteiger partial charge in [0.15, 0.2) is 0 Å². The van der Waals surface area contributed by atoms with Crippen molar-refractivity contribution < 1.29 is 14.0 Å². The van der Waals surface area contributed by atoms with Crippen LogP contribution in [-0.4, -0.2) is 47.8 Å². The van der Waals surface area contributed by atoms with E-state index in [2.05, 4.69) is 19.1 Å². The molecule has 4 nitrogen and oxygen atoms in total. The summed E-state index contributed by atoms with van der Waals surface area (Å²) in [5.41, 5.74) is 2.48. The van der Waals surface area contributed by atoms with Crippen molar-refractivity contribution in [3.05, 3.63) is 71.0 Å². The number of carbonyl (C=O) groups excluding carboxylic acids is 2. The lowest BCUT2D eigenvalue weighted by atomic mass is 10.0. The minimum Gasteiger partial charge on any atom is -0.341 e. The van der Waals surface area contributed by atoms with Gasteiger partial charge in [0.25, 0.3) is 5.91 Å². The summed E-state index contributed by atoms with van der Waals surface area (Å²) in [4.78, 5) is 28.7. The van der Waals surface area contributed by atoms with Crippen LogP contribution in [0.15, 0.2) is 48.5 Å². The summed E-state index contributed by atoms with van der Waals surface area (Å²) in [6.07, 6.45) is 1.89. The van der Waals surface area contributed by atoms with E-state index >= 15 is 0 Å². The monoisotopic (exact) mass is 368 g/mol. The molecule has 0 spiro atoms. The standard InChI is InChI=1S/C22H25FN2O2/c1-17-7-2-3-8-18(17)11-12-21(26)24-13-6-14-25(16-15-24)22(27)19-9-4-5-10-20(19)23/h2-5,7-10H,6,11-16H2,1H3. The van der Waals surface area contributed by atoms with Crippen LogP contribution in [0, 0.1) is 12.7 Å². The highest BCUT2D eigenvalue weighted by atomic mass is 19.1. The van der Waals surface area contributed by atoms with Crippen LogP contribution in [0.2, 0.25) is 0 Å². The van der Waals surface area contributed by atoms with E-state index in [1.165, 1.54) is 23.3 Å². The Morgan fingerprint density at radius 1 is 0.926 bits per heavy atom. The van der Waals surface area contributed by atoms with E-state index in [-0.39, 0.29) is 17.4 Å². The summed E-state index contributed by atoms with van der Waals surface area (Å²) in [5, 5.41) is 0. The topological polar surface area (TPSA) is 40.6 Å². The number of halogens is 1. The number of aryl methyl sites for hydroxylation is 2. The first-order valence-corrected chi connectivity index (χ1v) is 9.42. The fourth-order valence-corrected chi connectivity index (χ4v) is 3.47. The predicted molar refractivity (Wildman–Crippen MR) is 103 cm³/mol. The molecule has 3 rings (SSSR count). The zero-order valence-electron chi connectivity index (χ0n) is 15.7. The summed E-state index contributed by atoms with van der Waals surface area (Å²) in [7, 11) is 0. The molecule has 0 saturated carbocycles. The third-order valence-electron chi connectivity index (χ3n) is 5.11. The van der Waals surface area contributed by atoms with Crippen molar-refractivity contribution in [1.82, 2.24) is 9.80 Å².